The number of benzene rings is 1. The van der Waals surface area contributed by atoms with Crippen LogP contribution in [-0.2, 0) is 0 Å². The van der Waals surface area contributed by atoms with Crippen molar-refractivity contribution in [2.45, 2.75) is 26.7 Å². The lowest BCUT2D eigenvalue weighted by atomic mass is 10.2. The highest BCUT2D eigenvalue weighted by Crippen LogP contribution is 2.28. The van der Waals surface area contributed by atoms with Crippen LogP contribution in [0.2, 0.25) is 0 Å². The predicted molar refractivity (Wildman–Crippen MR) is 63.4 cm³/mol. The van der Waals surface area contributed by atoms with Gasteiger partial charge in [0.15, 0.2) is 11.5 Å². The van der Waals surface area contributed by atoms with Crippen LogP contribution < -0.4 is 9.47 Å². The topological polar surface area (TPSA) is 35.5 Å². The Kier molecular flexibility index (Phi) is 5.40. The van der Waals surface area contributed by atoms with Crippen molar-refractivity contribution < 1.29 is 14.3 Å². The maximum atomic E-state index is 10.7. The average molecular weight is 222 g/mol. The molecule has 0 N–H and O–H groups in total. The fraction of sp³-hybridized carbons (Fsp3) is 0.462. The van der Waals surface area contributed by atoms with Crippen LogP contribution in [0.25, 0.3) is 0 Å². The molecule has 1 aromatic carbocycles. The van der Waals surface area contributed by atoms with Gasteiger partial charge in [-0.25, -0.2) is 0 Å². The number of rotatable bonds is 7. The van der Waals surface area contributed by atoms with E-state index in [2.05, 4.69) is 0 Å². The molecule has 1 rings (SSSR count). The summed E-state index contributed by atoms with van der Waals surface area (Å²) in [5.41, 5.74) is 0.606. The van der Waals surface area contributed by atoms with Crippen molar-refractivity contribution in [2.75, 3.05) is 13.2 Å². The first-order valence-electron chi connectivity index (χ1n) is 5.66. The third kappa shape index (κ3) is 3.57. The second-order valence-corrected chi connectivity index (χ2v) is 3.52. The third-order valence-corrected chi connectivity index (χ3v) is 2.03. The summed E-state index contributed by atoms with van der Waals surface area (Å²) in [7, 11) is 0. The lowest BCUT2D eigenvalue weighted by Crippen LogP contribution is -2.01. The minimum absolute atomic E-state index is 0.606. The summed E-state index contributed by atoms with van der Waals surface area (Å²) >= 11 is 0. The molecule has 0 fully saturated rings. The fourth-order valence-corrected chi connectivity index (χ4v) is 1.25. The Labute approximate surface area is 96.4 Å². The predicted octanol–water partition coefficient (Wildman–Crippen LogP) is 3.08. The molecule has 0 bridgehead atoms. The van der Waals surface area contributed by atoms with Crippen LogP contribution in [-0.4, -0.2) is 19.5 Å². The number of aldehydes is 1. The van der Waals surface area contributed by atoms with Crippen LogP contribution >= 0.6 is 0 Å². The van der Waals surface area contributed by atoms with Crippen LogP contribution in [0, 0.1) is 0 Å². The molecule has 88 valence electrons. The highest BCUT2D eigenvalue weighted by Gasteiger charge is 2.05. The molecule has 0 radical (unpaired) electrons. The number of carbonyl (C=O) groups excluding carboxylic acids is 1. The van der Waals surface area contributed by atoms with Crippen LogP contribution in [0.4, 0.5) is 0 Å². The first-order chi connectivity index (χ1) is 7.81. The van der Waals surface area contributed by atoms with Gasteiger partial charge in [-0.15, -0.1) is 0 Å². The van der Waals surface area contributed by atoms with Crippen LogP contribution in [0.5, 0.6) is 11.5 Å². The van der Waals surface area contributed by atoms with Gasteiger partial charge in [0.2, 0.25) is 0 Å². The maximum Gasteiger partial charge on any atom is 0.161 e. The molecule has 0 unspecified atom stereocenters. The zero-order chi connectivity index (χ0) is 11.8. The first-order valence-corrected chi connectivity index (χ1v) is 5.66. The SMILES string of the molecule is CCCOc1ccc(C=O)cc1OCCC. The molecule has 0 aliphatic rings. The first kappa shape index (κ1) is 12.6. The standard InChI is InChI=1S/C13H18O3/c1-3-7-15-12-6-5-11(10-14)9-13(12)16-8-4-2/h5-6,9-10H,3-4,7-8H2,1-2H3. The Bertz CT molecular complexity index is 334. The summed E-state index contributed by atoms with van der Waals surface area (Å²) in [5.74, 6) is 1.36. The van der Waals surface area contributed by atoms with E-state index in [-0.39, 0.29) is 0 Å². The van der Waals surface area contributed by atoms with Gasteiger partial charge in [-0.1, -0.05) is 13.8 Å². The number of carbonyl (C=O) groups is 1. The largest absolute Gasteiger partial charge is 0.490 e. The summed E-state index contributed by atoms with van der Waals surface area (Å²) < 4.78 is 11.1. The van der Waals surface area contributed by atoms with Crippen molar-refractivity contribution in [3.63, 3.8) is 0 Å². The third-order valence-electron chi connectivity index (χ3n) is 2.03. The van der Waals surface area contributed by atoms with Gasteiger partial charge in [0.05, 0.1) is 13.2 Å². The van der Waals surface area contributed by atoms with Gasteiger partial charge in [0.1, 0.15) is 6.29 Å². The highest BCUT2D eigenvalue weighted by atomic mass is 16.5. The van der Waals surface area contributed by atoms with Gasteiger partial charge in [0, 0.05) is 5.56 Å². The molecule has 0 saturated heterocycles. The second kappa shape index (κ2) is 6.88. The molecule has 16 heavy (non-hydrogen) atoms. The van der Waals surface area contributed by atoms with Gasteiger partial charge in [-0.05, 0) is 31.0 Å². The van der Waals surface area contributed by atoms with Gasteiger partial charge < -0.3 is 9.47 Å². The highest BCUT2D eigenvalue weighted by molar-refractivity contribution is 5.76. The van der Waals surface area contributed by atoms with Crippen LogP contribution in [0.1, 0.15) is 37.0 Å². The fourth-order valence-electron chi connectivity index (χ4n) is 1.25. The van der Waals surface area contributed by atoms with Gasteiger partial charge >= 0.3 is 0 Å². The number of ether oxygens (including phenoxy) is 2. The van der Waals surface area contributed by atoms with Crippen molar-refractivity contribution in [3.8, 4) is 11.5 Å². The van der Waals surface area contributed by atoms with E-state index in [0.29, 0.717) is 30.3 Å². The summed E-state index contributed by atoms with van der Waals surface area (Å²) in [5, 5.41) is 0. The van der Waals surface area contributed by atoms with Crippen molar-refractivity contribution >= 4 is 6.29 Å². The molecular formula is C13H18O3. The van der Waals surface area contributed by atoms with Crippen molar-refractivity contribution in [1.82, 2.24) is 0 Å². The van der Waals surface area contributed by atoms with E-state index in [0.717, 1.165) is 19.1 Å². The van der Waals surface area contributed by atoms with Crippen molar-refractivity contribution in [2.24, 2.45) is 0 Å². The molecule has 3 heteroatoms. The average Bonchev–Trinajstić information content (AvgIpc) is 2.34. The normalized spacial score (nSPS) is 9.88. The van der Waals surface area contributed by atoms with E-state index in [1.807, 2.05) is 13.8 Å². The van der Waals surface area contributed by atoms with Gasteiger partial charge in [-0.3, -0.25) is 4.79 Å². The summed E-state index contributed by atoms with van der Waals surface area (Å²) in [6, 6.07) is 5.23. The Morgan fingerprint density at radius 2 is 1.69 bits per heavy atom. The van der Waals surface area contributed by atoms with Crippen LogP contribution in [0.3, 0.4) is 0 Å². The van der Waals surface area contributed by atoms with E-state index in [1.54, 1.807) is 18.2 Å². The summed E-state index contributed by atoms with van der Waals surface area (Å²) in [6.45, 7) is 5.37. The molecule has 1 aromatic rings. The van der Waals surface area contributed by atoms with Crippen molar-refractivity contribution in [3.05, 3.63) is 23.8 Å². The Balaban J connectivity index is 2.82. The summed E-state index contributed by atoms with van der Waals surface area (Å²) in [4.78, 5) is 10.7. The van der Waals surface area contributed by atoms with Gasteiger partial charge in [-0.2, -0.15) is 0 Å². The molecule has 0 saturated carbocycles. The molecule has 0 amide bonds. The molecule has 0 spiro atoms. The Morgan fingerprint density at radius 3 is 2.25 bits per heavy atom. The smallest absolute Gasteiger partial charge is 0.161 e. The maximum absolute atomic E-state index is 10.7. The van der Waals surface area contributed by atoms with Crippen molar-refractivity contribution in [1.29, 1.82) is 0 Å². The van der Waals surface area contributed by atoms with Gasteiger partial charge in [0.25, 0.3) is 0 Å². The Hall–Kier alpha value is -1.51. The van der Waals surface area contributed by atoms with E-state index < -0.39 is 0 Å². The minimum Gasteiger partial charge on any atom is -0.490 e. The van der Waals surface area contributed by atoms with E-state index in [4.69, 9.17) is 9.47 Å². The van der Waals surface area contributed by atoms with Crippen LogP contribution in [0.15, 0.2) is 18.2 Å². The molecular weight excluding hydrogens is 204 g/mol. The lowest BCUT2D eigenvalue weighted by molar-refractivity contribution is 0.112. The number of hydrogen-bond donors (Lipinski definition) is 0. The molecule has 0 heterocycles. The quantitative estimate of drug-likeness (QED) is 0.665. The van der Waals surface area contributed by atoms with E-state index >= 15 is 0 Å². The summed E-state index contributed by atoms with van der Waals surface area (Å²) in [6.07, 6.45) is 2.68. The molecule has 0 aliphatic heterocycles. The van der Waals surface area contributed by atoms with E-state index in [9.17, 15) is 4.79 Å². The zero-order valence-corrected chi connectivity index (χ0v) is 9.86. The monoisotopic (exact) mass is 222 g/mol. The lowest BCUT2D eigenvalue weighted by Gasteiger charge is -2.12. The Morgan fingerprint density at radius 1 is 1.06 bits per heavy atom. The minimum atomic E-state index is 0.606. The second-order valence-electron chi connectivity index (χ2n) is 3.52. The van der Waals surface area contributed by atoms with E-state index in [1.165, 1.54) is 0 Å². The molecule has 0 atom stereocenters. The number of hydrogen-bond acceptors (Lipinski definition) is 3. The molecule has 0 aliphatic carbocycles. The zero-order valence-electron chi connectivity index (χ0n) is 9.86. The molecule has 3 nitrogen and oxygen atoms in total. The molecule has 0 aromatic heterocycles.